The monoisotopic (exact) mass is 620 g/mol. The Bertz CT molecular complexity index is 2200. The van der Waals surface area contributed by atoms with Crippen LogP contribution in [0.5, 0.6) is 0 Å². The van der Waals surface area contributed by atoms with Gasteiger partial charge in [0.1, 0.15) is 0 Å². The van der Waals surface area contributed by atoms with Crippen LogP contribution in [0.2, 0.25) is 0 Å². The van der Waals surface area contributed by atoms with Gasteiger partial charge < -0.3 is 0 Å². The Balaban J connectivity index is 1.15. The van der Waals surface area contributed by atoms with Crippen molar-refractivity contribution in [3.05, 3.63) is 175 Å². The topological polar surface area (TPSA) is 0 Å². The number of allylic oxidation sites excluding steroid dienone is 13. The zero-order valence-corrected chi connectivity index (χ0v) is 27.9. The summed E-state index contributed by atoms with van der Waals surface area (Å²) in [5.41, 5.74) is 19.3. The van der Waals surface area contributed by atoms with Crippen molar-refractivity contribution in [2.24, 2.45) is 11.8 Å². The first-order valence-electron chi connectivity index (χ1n) is 18.7. The van der Waals surface area contributed by atoms with Gasteiger partial charge in [0, 0.05) is 0 Å². The fourth-order valence-corrected chi connectivity index (χ4v) is 10.7. The van der Waals surface area contributed by atoms with Crippen LogP contribution >= 0.6 is 0 Å². The summed E-state index contributed by atoms with van der Waals surface area (Å²) in [4.78, 5) is 0. The third-order valence-corrected chi connectivity index (χ3v) is 12.8. The first-order valence-corrected chi connectivity index (χ1v) is 18.7. The van der Waals surface area contributed by atoms with E-state index in [9.17, 15) is 0 Å². The molecular weight excluding hydrogens is 577 g/mol. The van der Waals surface area contributed by atoms with E-state index in [0.717, 1.165) is 38.5 Å². The lowest BCUT2D eigenvalue weighted by atomic mass is 9.59. The second kappa shape index (κ2) is 11.6. The molecule has 0 aliphatic heterocycles. The summed E-state index contributed by atoms with van der Waals surface area (Å²) in [5, 5.41) is 2.90. The first kappa shape index (κ1) is 28.6. The summed E-state index contributed by atoms with van der Waals surface area (Å²) in [6.45, 7) is 0. The van der Waals surface area contributed by atoms with Crippen molar-refractivity contribution in [2.75, 3.05) is 0 Å². The second-order valence-electron chi connectivity index (χ2n) is 15.1. The van der Waals surface area contributed by atoms with Crippen LogP contribution in [-0.2, 0) is 0 Å². The maximum Gasteiger partial charge on any atom is -0.00433 e. The minimum Gasteiger partial charge on any atom is -0.0839 e. The number of hydrogen-bond donors (Lipinski definition) is 0. The van der Waals surface area contributed by atoms with Crippen molar-refractivity contribution in [3.8, 4) is 0 Å². The molecule has 3 aromatic carbocycles. The highest BCUT2D eigenvalue weighted by Crippen LogP contribution is 2.58. The van der Waals surface area contributed by atoms with Gasteiger partial charge >= 0.3 is 0 Å². The molecule has 0 fully saturated rings. The minimum absolute atomic E-state index is 0.490. The molecule has 0 aromatic heterocycles. The van der Waals surface area contributed by atoms with E-state index >= 15 is 0 Å². The summed E-state index contributed by atoms with van der Waals surface area (Å²) in [7, 11) is 0. The van der Waals surface area contributed by atoms with Gasteiger partial charge in [0.2, 0.25) is 0 Å². The number of benzene rings is 3. The minimum atomic E-state index is 0.490. The zero-order valence-electron chi connectivity index (χ0n) is 27.9. The quantitative estimate of drug-likeness (QED) is 0.273. The highest BCUT2D eigenvalue weighted by molar-refractivity contribution is 5.82. The molecule has 7 aliphatic carbocycles. The highest BCUT2D eigenvalue weighted by atomic mass is 14.5. The van der Waals surface area contributed by atoms with E-state index in [0.29, 0.717) is 23.7 Å². The van der Waals surface area contributed by atoms with Crippen LogP contribution in [0.4, 0.5) is 0 Å². The average Bonchev–Trinajstić information content (AvgIpc) is 3.16. The van der Waals surface area contributed by atoms with E-state index in [1.807, 2.05) is 0 Å². The number of fused-ring (bicyclic) bond motifs is 5. The molecule has 4 unspecified atom stereocenters. The van der Waals surface area contributed by atoms with Crippen LogP contribution in [0.3, 0.4) is 0 Å². The molecule has 0 amide bonds. The number of hydrogen-bond acceptors (Lipinski definition) is 0. The molecule has 0 bridgehead atoms. The molecule has 0 nitrogen and oxygen atoms in total. The predicted molar refractivity (Wildman–Crippen MR) is 201 cm³/mol. The predicted octanol–water partition coefficient (Wildman–Crippen LogP) is 10.8. The Morgan fingerprint density at radius 3 is 2.29 bits per heavy atom. The average molecular weight is 621 g/mol. The van der Waals surface area contributed by atoms with Crippen molar-refractivity contribution in [1.82, 2.24) is 0 Å². The highest BCUT2D eigenvalue weighted by Gasteiger charge is 2.42. The van der Waals surface area contributed by atoms with Gasteiger partial charge in [-0.25, -0.2) is 0 Å². The van der Waals surface area contributed by atoms with Gasteiger partial charge in [0.25, 0.3) is 0 Å². The van der Waals surface area contributed by atoms with E-state index in [4.69, 9.17) is 0 Å². The van der Waals surface area contributed by atoms with Gasteiger partial charge in [-0.1, -0.05) is 121 Å². The molecule has 48 heavy (non-hydrogen) atoms. The molecule has 3 aromatic rings. The van der Waals surface area contributed by atoms with E-state index in [-0.39, 0.29) is 0 Å². The summed E-state index contributed by atoms with van der Waals surface area (Å²) in [6, 6.07) is 27.9. The summed E-state index contributed by atoms with van der Waals surface area (Å²) < 4.78 is 0. The molecule has 0 spiro atoms. The third kappa shape index (κ3) is 4.56. The van der Waals surface area contributed by atoms with Crippen molar-refractivity contribution in [1.29, 1.82) is 0 Å². The Kier molecular flexibility index (Phi) is 6.92. The molecule has 0 heterocycles. The Labute approximate surface area is 285 Å². The number of rotatable bonds is 3. The van der Waals surface area contributed by atoms with Crippen molar-refractivity contribution in [2.45, 2.75) is 76.0 Å². The molecule has 0 saturated carbocycles. The lowest BCUT2D eigenvalue weighted by Crippen LogP contribution is -2.31. The van der Waals surface area contributed by atoms with Gasteiger partial charge in [-0.05, 0) is 165 Å². The lowest BCUT2D eigenvalue weighted by Gasteiger charge is -2.44. The summed E-state index contributed by atoms with van der Waals surface area (Å²) in [6.07, 6.45) is 31.5. The summed E-state index contributed by atoms with van der Waals surface area (Å²) in [5.74, 6) is 2.09. The van der Waals surface area contributed by atoms with Crippen LogP contribution in [0.25, 0.3) is 23.3 Å². The fraction of sp³-hybridized carbons (Fsp3) is 0.292. The van der Waals surface area contributed by atoms with Crippen LogP contribution in [0.15, 0.2) is 143 Å². The molecule has 236 valence electrons. The standard InChI is InChI=1S/C48H44/c1-4-18-35-31(12-1)15-9-23-38(35)34-26-27-43-44(28-34)46(40-25-11-17-33-14-3-6-20-37(33)40)30-47-42-22-8-7-21-41(42)45(29-48(43)47)39-24-10-16-32-13-2-5-19-36(32)39/h1,3-8,10-12,14-22,28,39-40,45-46H,2,9,13,23-27,29-30H2. The largest absolute Gasteiger partial charge is 0.0839 e. The van der Waals surface area contributed by atoms with Crippen LogP contribution < -0.4 is 10.4 Å². The zero-order chi connectivity index (χ0) is 31.6. The molecular formula is C48H44. The van der Waals surface area contributed by atoms with Gasteiger partial charge in [0.15, 0.2) is 0 Å². The van der Waals surface area contributed by atoms with Crippen LogP contribution in [-0.4, -0.2) is 0 Å². The SMILES string of the molecule is C1=CC2=C(C=CCC2C2CC3=C(CC(C4CC=Cc5ccccc54)C4=C3CCC(C3=c5ccccc5=CCC3)=C4)c3ccccc32)CC1. The van der Waals surface area contributed by atoms with E-state index < -0.39 is 0 Å². The molecule has 0 radical (unpaired) electrons. The van der Waals surface area contributed by atoms with Crippen LogP contribution in [0, 0.1) is 11.8 Å². The second-order valence-corrected chi connectivity index (χ2v) is 15.1. The third-order valence-electron chi connectivity index (χ3n) is 12.8. The maximum absolute atomic E-state index is 2.73. The molecule has 10 rings (SSSR count). The molecule has 0 heteroatoms. The fourth-order valence-electron chi connectivity index (χ4n) is 10.7. The van der Waals surface area contributed by atoms with Gasteiger partial charge in [-0.3, -0.25) is 0 Å². The van der Waals surface area contributed by atoms with E-state index in [1.165, 1.54) is 41.7 Å². The van der Waals surface area contributed by atoms with Crippen LogP contribution in [0.1, 0.15) is 98.3 Å². The van der Waals surface area contributed by atoms with Crippen molar-refractivity contribution < 1.29 is 0 Å². The van der Waals surface area contributed by atoms with E-state index in [1.54, 1.807) is 61.3 Å². The Hall–Kier alpha value is -4.42. The van der Waals surface area contributed by atoms with Gasteiger partial charge in [0.05, 0.1) is 0 Å². The molecule has 0 N–H and O–H groups in total. The molecule has 4 atom stereocenters. The Morgan fingerprint density at radius 2 is 1.31 bits per heavy atom. The molecule has 7 aliphatic rings. The molecule has 0 saturated heterocycles. The van der Waals surface area contributed by atoms with E-state index in [2.05, 4.69) is 121 Å². The smallest absolute Gasteiger partial charge is 0.00433 e. The lowest BCUT2D eigenvalue weighted by molar-refractivity contribution is 0.456. The van der Waals surface area contributed by atoms with Crippen molar-refractivity contribution in [3.63, 3.8) is 0 Å². The van der Waals surface area contributed by atoms with Gasteiger partial charge in [-0.15, -0.1) is 0 Å². The van der Waals surface area contributed by atoms with Crippen molar-refractivity contribution >= 4 is 23.3 Å². The Morgan fingerprint density at radius 1 is 0.500 bits per heavy atom. The summed E-state index contributed by atoms with van der Waals surface area (Å²) >= 11 is 0. The first-order chi connectivity index (χ1) is 23.8. The maximum atomic E-state index is 2.73. The van der Waals surface area contributed by atoms with Gasteiger partial charge in [-0.2, -0.15) is 0 Å². The normalized spacial score (nSPS) is 26.9.